The number of imide groups is 1. The van der Waals surface area contributed by atoms with E-state index in [0.717, 1.165) is 4.90 Å². The molecule has 3 rings (SSSR count). The molecule has 144 valence electrons. The molecule has 0 aliphatic carbocycles. The van der Waals surface area contributed by atoms with Crippen molar-refractivity contribution in [2.24, 2.45) is 16.9 Å². The van der Waals surface area contributed by atoms with Crippen LogP contribution in [0.4, 0.5) is 11.4 Å². The molecule has 1 aliphatic rings. The number of halogens is 4. The quantitative estimate of drug-likeness (QED) is 0.315. The molecule has 1 fully saturated rings. The molecule has 1 atom stereocenters. The normalized spacial score (nSPS) is 18.1. The molecule has 0 spiro atoms. The summed E-state index contributed by atoms with van der Waals surface area (Å²) in [6.45, 7) is 0. The van der Waals surface area contributed by atoms with Gasteiger partial charge in [0.05, 0.1) is 25.8 Å². The topological polar surface area (TPSA) is 105 Å². The monoisotopic (exact) mass is 458 g/mol. The molecule has 1 aliphatic heterocycles. The molecule has 1 saturated heterocycles. The van der Waals surface area contributed by atoms with Gasteiger partial charge in [0.25, 0.3) is 11.8 Å². The van der Waals surface area contributed by atoms with Gasteiger partial charge in [0.15, 0.2) is 5.92 Å². The van der Waals surface area contributed by atoms with E-state index >= 15 is 0 Å². The predicted octanol–water partition coefficient (Wildman–Crippen LogP) is 3.74. The summed E-state index contributed by atoms with van der Waals surface area (Å²) in [5, 5.41) is 6.72. The van der Waals surface area contributed by atoms with Crippen LogP contribution < -0.4 is 16.1 Å². The fourth-order valence-electron chi connectivity index (χ4n) is 2.61. The molecule has 0 aromatic heterocycles. The van der Waals surface area contributed by atoms with Gasteiger partial charge in [-0.05, 0) is 36.4 Å². The van der Waals surface area contributed by atoms with E-state index in [0.29, 0.717) is 5.02 Å². The first kappa shape index (κ1) is 20.4. The Hall–Kier alpha value is -2.32. The van der Waals surface area contributed by atoms with Crippen molar-refractivity contribution in [3.05, 3.63) is 56.5 Å². The highest BCUT2D eigenvalue weighted by molar-refractivity contribution is 6.61. The molecule has 11 heteroatoms. The Kier molecular flexibility index (Phi) is 5.81. The van der Waals surface area contributed by atoms with Gasteiger partial charge in [0.2, 0.25) is 5.91 Å². The van der Waals surface area contributed by atoms with Crippen LogP contribution in [0, 0.1) is 5.92 Å². The Morgan fingerprint density at radius 3 is 2.14 bits per heavy atom. The number of hydrogen-bond acceptors (Lipinski definition) is 5. The minimum absolute atomic E-state index is 0.134. The fraction of sp³-hybridized carbons (Fsp3) is 0.0588. The summed E-state index contributed by atoms with van der Waals surface area (Å²) in [5.74, 6) is 1.26. The molecular formula is C17H10Cl4N4O3. The second kappa shape index (κ2) is 7.97. The lowest BCUT2D eigenvalue weighted by Gasteiger charge is -2.15. The lowest BCUT2D eigenvalue weighted by molar-refractivity contribution is -0.127. The van der Waals surface area contributed by atoms with Gasteiger partial charge in [0.1, 0.15) is 5.71 Å². The van der Waals surface area contributed by atoms with Crippen molar-refractivity contribution in [3.63, 3.8) is 0 Å². The van der Waals surface area contributed by atoms with Gasteiger partial charge in [-0.2, -0.15) is 5.10 Å². The number of carbonyl (C=O) groups excluding carboxylic acids is 3. The molecule has 3 amide bonds. The Morgan fingerprint density at radius 1 is 0.964 bits per heavy atom. The maximum atomic E-state index is 12.8. The first-order valence-electron chi connectivity index (χ1n) is 7.61. The van der Waals surface area contributed by atoms with Crippen molar-refractivity contribution in [1.29, 1.82) is 0 Å². The maximum Gasteiger partial charge on any atom is 0.282 e. The average molecular weight is 460 g/mol. The van der Waals surface area contributed by atoms with Crippen molar-refractivity contribution in [2.75, 3.05) is 10.2 Å². The zero-order valence-electron chi connectivity index (χ0n) is 13.7. The first-order valence-corrected chi connectivity index (χ1v) is 9.12. The van der Waals surface area contributed by atoms with E-state index in [1.807, 2.05) is 0 Å². The molecule has 2 aromatic rings. The van der Waals surface area contributed by atoms with Crippen molar-refractivity contribution >= 4 is 81.2 Å². The van der Waals surface area contributed by atoms with Crippen LogP contribution in [0.2, 0.25) is 20.1 Å². The number of rotatable bonds is 3. The second-order valence-electron chi connectivity index (χ2n) is 5.64. The summed E-state index contributed by atoms with van der Waals surface area (Å²) in [5.41, 5.74) is 0.00743. The highest BCUT2D eigenvalue weighted by atomic mass is 35.5. The number of nitrogens with two attached hydrogens (primary N) is 1. The number of benzene rings is 2. The van der Waals surface area contributed by atoms with Crippen LogP contribution in [0.1, 0.15) is 0 Å². The fourth-order valence-corrected chi connectivity index (χ4v) is 3.20. The van der Waals surface area contributed by atoms with Gasteiger partial charge in [-0.3, -0.25) is 14.4 Å². The van der Waals surface area contributed by atoms with Crippen LogP contribution in [0.15, 0.2) is 41.5 Å². The van der Waals surface area contributed by atoms with Gasteiger partial charge in [-0.1, -0.05) is 46.4 Å². The molecule has 2 aromatic carbocycles. The number of hydrazone groups is 1. The Labute approximate surface area is 179 Å². The molecule has 1 heterocycles. The van der Waals surface area contributed by atoms with Crippen LogP contribution in [0.3, 0.4) is 0 Å². The smallest absolute Gasteiger partial charge is 0.282 e. The molecule has 0 radical (unpaired) electrons. The summed E-state index contributed by atoms with van der Waals surface area (Å²) < 4.78 is 0. The van der Waals surface area contributed by atoms with E-state index in [1.54, 1.807) is 0 Å². The van der Waals surface area contributed by atoms with E-state index in [4.69, 9.17) is 52.2 Å². The molecule has 28 heavy (non-hydrogen) atoms. The number of carbonyl (C=O) groups is 3. The Morgan fingerprint density at radius 2 is 1.57 bits per heavy atom. The van der Waals surface area contributed by atoms with Crippen LogP contribution >= 0.6 is 46.4 Å². The summed E-state index contributed by atoms with van der Waals surface area (Å²) in [6.07, 6.45) is 0. The standard InChI is InChI=1S/C17H10Cl4N4O3/c18-9-3-1-7(5-11(9)20)23-15(26)13-14(24-22)17(28)25(16(13)27)8-2-4-10(19)12(21)6-8/h1-6,13H,22H2,(H,23,26)/b24-14-. The summed E-state index contributed by atoms with van der Waals surface area (Å²) >= 11 is 23.6. The van der Waals surface area contributed by atoms with Gasteiger partial charge in [0, 0.05) is 5.69 Å². The zero-order valence-corrected chi connectivity index (χ0v) is 16.8. The lowest BCUT2D eigenvalue weighted by atomic mass is 10.1. The van der Waals surface area contributed by atoms with E-state index in [1.165, 1.54) is 36.4 Å². The third kappa shape index (κ3) is 3.66. The minimum Gasteiger partial charge on any atom is -0.325 e. The van der Waals surface area contributed by atoms with Gasteiger partial charge >= 0.3 is 0 Å². The van der Waals surface area contributed by atoms with Crippen LogP contribution in [0.5, 0.6) is 0 Å². The lowest BCUT2D eigenvalue weighted by Crippen LogP contribution is -2.34. The van der Waals surface area contributed by atoms with Crippen molar-refractivity contribution in [3.8, 4) is 0 Å². The minimum atomic E-state index is -1.54. The van der Waals surface area contributed by atoms with Crippen LogP contribution in [-0.4, -0.2) is 23.4 Å². The molecule has 3 N–H and O–H groups in total. The van der Waals surface area contributed by atoms with Crippen molar-refractivity contribution < 1.29 is 14.4 Å². The van der Waals surface area contributed by atoms with E-state index in [9.17, 15) is 14.4 Å². The highest BCUT2D eigenvalue weighted by Crippen LogP contribution is 2.32. The zero-order chi connectivity index (χ0) is 20.6. The number of nitrogens with zero attached hydrogens (tertiary/aromatic N) is 2. The maximum absolute atomic E-state index is 12.8. The number of anilines is 2. The highest BCUT2D eigenvalue weighted by Gasteiger charge is 2.50. The number of amides is 3. The Bertz CT molecular complexity index is 1040. The third-order valence-electron chi connectivity index (χ3n) is 3.91. The SMILES string of the molecule is N/N=C1\C(=O)N(c2ccc(Cl)c(Cl)c2)C(=O)C1C(=O)Nc1ccc(Cl)c(Cl)c1. The van der Waals surface area contributed by atoms with Crippen LogP contribution in [-0.2, 0) is 14.4 Å². The van der Waals surface area contributed by atoms with E-state index in [-0.39, 0.29) is 26.4 Å². The van der Waals surface area contributed by atoms with Gasteiger partial charge in [-0.15, -0.1) is 0 Å². The average Bonchev–Trinajstić information content (AvgIpc) is 2.90. The summed E-state index contributed by atoms with van der Waals surface area (Å²) in [7, 11) is 0. The summed E-state index contributed by atoms with van der Waals surface area (Å²) in [4.78, 5) is 38.9. The Balaban J connectivity index is 1.93. The third-order valence-corrected chi connectivity index (χ3v) is 5.39. The molecule has 1 unspecified atom stereocenters. The number of nitrogens with one attached hydrogen (secondary N) is 1. The van der Waals surface area contributed by atoms with Gasteiger partial charge < -0.3 is 11.2 Å². The van der Waals surface area contributed by atoms with Crippen LogP contribution in [0.25, 0.3) is 0 Å². The largest absolute Gasteiger partial charge is 0.325 e. The molecular weight excluding hydrogens is 450 g/mol. The predicted molar refractivity (Wildman–Crippen MR) is 109 cm³/mol. The summed E-state index contributed by atoms with van der Waals surface area (Å²) in [6, 6.07) is 8.52. The van der Waals surface area contributed by atoms with E-state index < -0.39 is 29.4 Å². The van der Waals surface area contributed by atoms with Gasteiger partial charge in [-0.25, -0.2) is 4.90 Å². The van der Waals surface area contributed by atoms with Crippen molar-refractivity contribution in [1.82, 2.24) is 0 Å². The first-order chi connectivity index (χ1) is 13.2. The van der Waals surface area contributed by atoms with Crippen molar-refractivity contribution in [2.45, 2.75) is 0 Å². The molecule has 7 nitrogen and oxygen atoms in total. The number of hydrogen-bond donors (Lipinski definition) is 2. The molecule has 0 saturated carbocycles. The molecule has 0 bridgehead atoms. The van der Waals surface area contributed by atoms with E-state index in [2.05, 4.69) is 10.4 Å². The second-order valence-corrected chi connectivity index (χ2v) is 7.27.